The molecule has 0 saturated carbocycles. The van der Waals surface area contributed by atoms with E-state index in [2.05, 4.69) is 10.4 Å². The van der Waals surface area contributed by atoms with E-state index in [1.165, 1.54) is 23.7 Å². The minimum absolute atomic E-state index is 0.183. The highest BCUT2D eigenvalue weighted by molar-refractivity contribution is 5.96. The molecule has 3 aromatic rings. The minimum atomic E-state index is -4.75. The fourth-order valence-electron chi connectivity index (χ4n) is 2.82. The van der Waals surface area contributed by atoms with E-state index in [4.69, 9.17) is 5.26 Å². The van der Waals surface area contributed by atoms with Gasteiger partial charge in [0, 0.05) is 17.4 Å². The number of aliphatic hydroxyl groups is 1. The molecule has 30 heavy (non-hydrogen) atoms. The summed E-state index contributed by atoms with van der Waals surface area (Å²) < 4.78 is 40.7. The van der Waals surface area contributed by atoms with Gasteiger partial charge in [0.2, 0.25) is 0 Å². The zero-order valence-electron chi connectivity index (χ0n) is 15.8. The van der Waals surface area contributed by atoms with Crippen molar-refractivity contribution in [1.29, 1.82) is 5.26 Å². The summed E-state index contributed by atoms with van der Waals surface area (Å²) in [4.78, 5) is 12.5. The Morgan fingerprint density at radius 3 is 2.53 bits per heavy atom. The second-order valence-corrected chi connectivity index (χ2v) is 6.86. The maximum atomic E-state index is 13.1. The van der Waals surface area contributed by atoms with Crippen LogP contribution in [0.5, 0.6) is 0 Å². The van der Waals surface area contributed by atoms with E-state index in [1.807, 2.05) is 30.3 Å². The van der Waals surface area contributed by atoms with E-state index in [9.17, 15) is 23.1 Å². The quantitative estimate of drug-likeness (QED) is 0.664. The Labute approximate surface area is 170 Å². The number of amides is 1. The molecule has 0 aliphatic rings. The van der Waals surface area contributed by atoms with Gasteiger partial charge in [-0.1, -0.05) is 30.3 Å². The normalized spacial score (nSPS) is 13.3. The number of alkyl halides is 3. The molecule has 0 saturated heterocycles. The fourth-order valence-corrected chi connectivity index (χ4v) is 2.82. The number of hydrogen-bond acceptors (Lipinski definition) is 4. The van der Waals surface area contributed by atoms with Crippen LogP contribution in [0.4, 0.5) is 18.9 Å². The molecule has 1 atom stereocenters. The predicted molar refractivity (Wildman–Crippen MR) is 103 cm³/mol. The number of carbonyl (C=O) groups is 1. The molecule has 9 heteroatoms. The number of aromatic nitrogens is 2. The van der Waals surface area contributed by atoms with Crippen molar-refractivity contribution in [3.63, 3.8) is 0 Å². The Bertz CT molecular complexity index is 1100. The highest BCUT2D eigenvalue weighted by Crippen LogP contribution is 2.33. The van der Waals surface area contributed by atoms with Crippen LogP contribution >= 0.6 is 0 Å². The number of halogens is 3. The number of benzene rings is 2. The molecule has 0 spiro atoms. The number of nitrogens with zero attached hydrogens (tertiary/aromatic N) is 3. The largest absolute Gasteiger partial charge is 0.417 e. The number of nitriles is 1. The summed E-state index contributed by atoms with van der Waals surface area (Å²) in [6.45, 7) is 1.02. The molecule has 2 aromatic carbocycles. The second kappa shape index (κ2) is 8.00. The molecule has 0 fully saturated rings. The zero-order valence-corrected chi connectivity index (χ0v) is 15.8. The molecule has 1 heterocycles. The molecule has 3 rings (SSSR count). The lowest BCUT2D eigenvalue weighted by Crippen LogP contribution is -2.43. The van der Waals surface area contributed by atoms with Gasteiger partial charge >= 0.3 is 6.18 Å². The second-order valence-electron chi connectivity index (χ2n) is 6.86. The molecule has 0 bridgehead atoms. The van der Waals surface area contributed by atoms with Crippen LogP contribution < -0.4 is 5.32 Å². The number of nitrogens with one attached hydrogen (secondary N) is 1. The smallest absolute Gasteiger partial charge is 0.378 e. The average Bonchev–Trinajstić information content (AvgIpc) is 3.15. The van der Waals surface area contributed by atoms with Crippen molar-refractivity contribution in [3.05, 3.63) is 71.9 Å². The molecular weight excluding hydrogens is 397 g/mol. The van der Waals surface area contributed by atoms with Gasteiger partial charge in [-0.15, -0.1) is 0 Å². The van der Waals surface area contributed by atoms with E-state index in [0.29, 0.717) is 11.8 Å². The Kier molecular flexibility index (Phi) is 5.62. The molecular formula is C21H17F3N4O2. The molecule has 1 amide bonds. The first-order valence-electron chi connectivity index (χ1n) is 8.84. The fraction of sp³-hybridized carbons (Fsp3) is 0.190. The number of carbonyl (C=O) groups excluding carboxylic acids is 1. The molecule has 154 valence electrons. The van der Waals surface area contributed by atoms with Crippen LogP contribution in [-0.2, 0) is 17.5 Å². The van der Waals surface area contributed by atoms with Gasteiger partial charge in [0.15, 0.2) is 5.60 Å². The van der Waals surface area contributed by atoms with Crippen LogP contribution in [-0.4, -0.2) is 26.4 Å². The van der Waals surface area contributed by atoms with Crippen molar-refractivity contribution in [3.8, 4) is 17.3 Å². The summed E-state index contributed by atoms with van der Waals surface area (Å²) in [5.74, 6) is -0.905. The van der Waals surface area contributed by atoms with Crippen LogP contribution in [0.25, 0.3) is 11.3 Å². The third-order valence-electron chi connectivity index (χ3n) is 4.37. The van der Waals surface area contributed by atoms with Gasteiger partial charge in [-0.3, -0.25) is 9.48 Å². The van der Waals surface area contributed by atoms with E-state index < -0.39 is 28.8 Å². The van der Waals surface area contributed by atoms with Crippen LogP contribution in [0.1, 0.15) is 18.1 Å². The minimum Gasteiger partial charge on any atom is -0.378 e. The van der Waals surface area contributed by atoms with Crippen LogP contribution in [0, 0.1) is 11.3 Å². The number of hydrogen-bond donors (Lipinski definition) is 2. The van der Waals surface area contributed by atoms with Crippen molar-refractivity contribution in [2.24, 2.45) is 0 Å². The first kappa shape index (κ1) is 21.1. The van der Waals surface area contributed by atoms with Crippen molar-refractivity contribution in [2.45, 2.75) is 25.2 Å². The van der Waals surface area contributed by atoms with Gasteiger partial charge in [-0.2, -0.15) is 23.5 Å². The van der Waals surface area contributed by atoms with E-state index >= 15 is 0 Å². The van der Waals surface area contributed by atoms with Crippen LogP contribution in [0.15, 0.2) is 60.8 Å². The molecule has 0 aliphatic carbocycles. The van der Waals surface area contributed by atoms with Crippen LogP contribution in [0.2, 0.25) is 0 Å². The van der Waals surface area contributed by atoms with Gasteiger partial charge < -0.3 is 10.4 Å². The summed E-state index contributed by atoms with van der Waals surface area (Å²) >= 11 is 0. The Morgan fingerprint density at radius 2 is 1.90 bits per heavy atom. The highest BCUT2D eigenvalue weighted by Gasteiger charge is 2.35. The first-order chi connectivity index (χ1) is 14.1. The lowest BCUT2D eigenvalue weighted by Gasteiger charge is -2.22. The van der Waals surface area contributed by atoms with Crippen molar-refractivity contribution >= 4 is 11.6 Å². The van der Waals surface area contributed by atoms with Gasteiger partial charge in [0.1, 0.15) is 0 Å². The van der Waals surface area contributed by atoms with E-state index in [1.54, 1.807) is 12.3 Å². The predicted octanol–water partition coefficient (Wildman–Crippen LogP) is 3.83. The summed E-state index contributed by atoms with van der Waals surface area (Å²) in [5.41, 5.74) is -2.35. The Hall–Kier alpha value is -3.64. The standard InChI is InChI=1S/C21H17F3N4O2/c1-20(30,13-28-10-9-18(27-28)14-5-3-2-4-6-14)19(29)26-16-8-7-15(12-25)17(11-16)21(22,23)24/h2-11,30H,13H2,1H3,(H,26,29). The monoisotopic (exact) mass is 414 g/mol. The Balaban J connectivity index is 1.75. The average molecular weight is 414 g/mol. The highest BCUT2D eigenvalue weighted by atomic mass is 19.4. The van der Waals surface area contributed by atoms with Crippen molar-refractivity contribution in [2.75, 3.05) is 5.32 Å². The summed E-state index contributed by atoms with van der Waals surface area (Å²) in [6.07, 6.45) is -3.16. The molecule has 6 nitrogen and oxygen atoms in total. The maximum Gasteiger partial charge on any atom is 0.417 e. The topological polar surface area (TPSA) is 90.9 Å². The lowest BCUT2D eigenvalue weighted by molar-refractivity contribution is -0.138. The lowest BCUT2D eigenvalue weighted by atomic mass is 10.0. The van der Waals surface area contributed by atoms with Crippen LogP contribution in [0.3, 0.4) is 0 Å². The third kappa shape index (κ3) is 4.67. The molecule has 0 aliphatic heterocycles. The van der Waals surface area contributed by atoms with Crippen molar-refractivity contribution in [1.82, 2.24) is 9.78 Å². The van der Waals surface area contributed by atoms with E-state index in [0.717, 1.165) is 11.6 Å². The summed E-state index contributed by atoms with van der Waals surface area (Å²) in [6, 6.07) is 15.3. The molecule has 1 aromatic heterocycles. The van der Waals surface area contributed by atoms with Gasteiger partial charge in [0.05, 0.1) is 29.4 Å². The summed E-state index contributed by atoms with van der Waals surface area (Å²) in [7, 11) is 0. The maximum absolute atomic E-state index is 13.1. The SMILES string of the molecule is CC(O)(Cn1ccc(-c2ccccc2)n1)C(=O)Nc1ccc(C#N)c(C(F)(F)F)c1. The molecule has 0 radical (unpaired) electrons. The molecule has 2 N–H and O–H groups in total. The Morgan fingerprint density at radius 1 is 1.20 bits per heavy atom. The third-order valence-corrected chi connectivity index (χ3v) is 4.37. The van der Waals surface area contributed by atoms with E-state index in [-0.39, 0.29) is 12.2 Å². The zero-order chi connectivity index (χ0) is 21.9. The first-order valence-corrected chi connectivity index (χ1v) is 8.84. The van der Waals surface area contributed by atoms with Gasteiger partial charge in [0.25, 0.3) is 5.91 Å². The molecule has 1 unspecified atom stereocenters. The number of rotatable bonds is 5. The summed E-state index contributed by atoms with van der Waals surface area (Å²) in [5, 5.41) is 26.0. The number of anilines is 1. The van der Waals surface area contributed by atoms with Gasteiger partial charge in [-0.25, -0.2) is 0 Å². The van der Waals surface area contributed by atoms with Gasteiger partial charge in [-0.05, 0) is 31.2 Å². The van der Waals surface area contributed by atoms with Crippen molar-refractivity contribution < 1.29 is 23.1 Å².